The fourth-order valence-electron chi connectivity index (χ4n) is 1.48. The van der Waals surface area contributed by atoms with Gasteiger partial charge in [-0.3, -0.25) is 4.40 Å². The Kier molecular flexibility index (Phi) is 4.41. The zero-order valence-corrected chi connectivity index (χ0v) is 11.1. The Bertz CT molecular complexity index is 483. The number of fused-ring (bicyclic) bond motifs is 1. The molecular formula is C10H15N3O2S2. The molecule has 5 nitrogen and oxygen atoms in total. The molecule has 94 valence electrons. The third kappa shape index (κ3) is 2.80. The van der Waals surface area contributed by atoms with Gasteiger partial charge in [-0.25, -0.2) is 4.98 Å². The molecule has 2 aromatic rings. The first-order chi connectivity index (χ1) is 8.26. The standard InChI is InChI=1S/C10H15N3O2S2/c1-11-4-8-9(17-6-7(15)5-14)12-10-13(8)2-3-16-10/h2-3,7,11,14-15H,4-6H2,1H3. The Balaban J connectivity index is 2.19. The van der Waals surface area contributed by atoms with Gasteiger partial charge in [0.05, 0.1) is 18.4 Å². The lowest BCUT2D eigenvalue weighted by Gasteiger charge is -2.06. The minimum atomic E-state index is -0.692. The van der Waals surface area contributed by atoms with Crippen molar-refractivity contribution >= 4 is 28.1 Å². The van der Waals surface area contributed by atoms with Crippen LogP contribution in [0.5, 0.6) is 0 Å². The van der Waals surface area contributed by atoms with E-state index in [0.717, 1.165) is 22.2 Å². The van der Waals surface area contributed by atoms with E-state index in [1.165, 1.54) is 11.8 Å². The summed E-state index contributed by atoms with van der Waals surface area (Å²) in [5.41, 5.74) is 1.10. The fraction of sp³-hybridized carbons (Fsp3) is 0.500. The molecule has 0 bridgehead atoms. The Morgan fingerprint density at radius 2 is 2.47 bits per heavy atom. The maximum absolute atomic E-state index is 9.35. The normalized spacial score (nSPS) is 13.4. The molecule has 1 atom stereocenters. The monoisotopic (exact) mass is 273 g/mol. The number of aliphatic hydroxyl groups is 2. The Morgan fingerprint density at radius 3 is 3.18 bits per heavy atom. The summed E-state index contributed by atoms with van der Waals surface area (Å²) in [6, 6.07) is 0. The van der Waals surface area contributed by atoms with E-state index in [2.05, 4.69) is 14.7 Å². The number of rotatable bonds is 6. The molecule has 1 unspecified atom stereocenters. The zero-order chi connectivity index (χ0) is 12.3. The molecule has 0 aliphatic rings. The molecule has 0 fully saturated rings. The summed E-state index contributed by atoms with van der Waals surface area (Å²) in [6.07, 6.45) is 1.30. The third-order valence-electron chi connectivity index (χ3n) is 2.29. The number of nitrogens with zero attached hydrogens (tertiary/aromatic N) is 2. The lowest BCUT2D eigenvalue weighted by molar-refractivity contribution is 0.113. The van der Waals surface area contributed by atoms with Crippen molar-refractivity contribution in [2.75, 3.05) is 19.4 Å². The Labute approximate surface area is 107 Å². The van der Waals surface area contributed by atoms with E-state index < -0.39 is 6.10 Å². The van der Waals surface area contributed by atoms with Crippen molar-refractivity contribution in [2.24, 2.45) is 0 Å². The summed E-state index contributed by atoms with van der Waals surface area (Å²) in [7, 11) is 1.89. The third-order valence-corrected chi connectivity index (χ3v) is 4.20. The van der Waals surface area contributed by atoms with Crippen LogP contribution in [0.1, 0.15) is 5.69 Å². The van der Waals surface area contributed by atoms with E-state index in [0.29, 0.717) is 5.75 Å². The summed E-state index contributed by atoms with van der Waals surface area (Å²) in [5.74, 6) is 0.456. The smallest absolute Gasteiger partial charge is 0.194 e. The molecular weight excluding hydrogens is 258 g/mol. The second kappa shape index (κ2) is 5.83. The molecule has 7 heteroatoms. The number of aromatic nitrogens is 2. The summed E-state index contributed by atoms with van der Waals surface area (Å²) in [5, 5.41) is 24.2. The minimum absolute atomic E-state index is 0.212. The van der Waals surface area contributed by atoms with Gasteiger partial charge in [0, 0.05) is 23.9 Å². The highest BCUT2D eigenvalue weighted by atomic mass is 32.2. The molecule has 0 radical (unpaired) electrons. The minimum Gasteiger partial charge on any atom is -0.394 e. The molecule has 2 heterocycles. The van der Waals surface area contributed by atoms with Gasteiger partial charge in [0.1, 0.15) is 5.03 Å². The van der Waals surface area contributed by atoms with Crippen LogP contribution in [-0.2, 0) is 6.54 Å². The second-order valence-electron chi connectivity index (χ2n) is 3.60. The van der Waals surface area contributed by atoms with Crippen molar-refractivity contribution < 1.29 is 10.2 Å². The number of imidazole rings is 1. The van der Waals surface area contributed by atoms with E-state index in [9.17, 15) is 5.11 Å². The van der Waals surface area contributed by atoms with Gasteiger partial charge in [-0.2, -0.15) is 0 Å². The number of hydrogen-bond acceptors (Lipinski definition) is 6. The second-order valence-corrected chi connectivity index (χ2v) is 5.48. The van der Waals surface area contributed by atoms with Crippen LogP contribution in [0.25, 0.3) is 4.96 Å². The maximum Gasteiger partial charge on any atom is 0.194 e. The lowest BCUT2D eigenvalue weighted by Crippen LogP contribution is -2.15. The van der Waals surface area contributed by atoms with Crippen LogP contribution in [0.2, 0.25) is 0 Å². The highest BCUT2D eigenvalue weighted by Crippen LogP contribution is 2.26. The Morgan fingerprint density at radius 1 is 1.65 bits per heavy atom. The van der Waals surface area contributed by atoms with E-state index >= 15 is 0 Å². The molecule has 0 saturated heterocycles. The van der Waals surface area contributed by atoms with Crippen LogP contribution in [0.3, 0.4) is 0 Å². The SMILES string of the molecule is CNCc1c(SCC(O)CO)nc2sccn12. The van der Waals surface area contributed by atoms with E-state index in [-0.39, 0.29) is 6.61 Å². The van der Waals surface area contributed by atoms with Crippen molar-refractivity contribution in [1.29, 1.82) is 0 Å². The van der Waals surface area contributed by atoms with Crippen LogP contribution in [0, 0.1) is 0 Å². The summed E-state index contributed by atoms with van der Waals surface area (Å²) in [6.45, 7) is 0.520. The van der Waals surface area contributed by atoms with Gasteiger partial charge >= 0.3 is 0 Å². The summed E-state index contributed by atoms with van der Waals surface area (Å²) < 4.78 is 2.05. The largest absolute Gasteiger partial charge is 0.394 e. The maximum atomic E-state index is 9.35. The van der Waals surface area contributed by atoms with Gasteiger partial charge < -0.3 is 15.5 Å². The van der Waals surface area contributed by atoms with Crippen LogP contribution in [0.15, 0.2) is 16.6 Å². The summed E-state index contributed by atoms with van der Waals surface area (Å²) in [4.78, 5) is 5.46. The molecule has 3 N–H and O–H groups in total. The predicted octanol–water partition coefficient (Wildman–Crippen LogP) is 0.560. The highest BCUT2D eigenvalue weighted by Gasteiger charge is 2.14. The molecule has 0 amide bonds. The van der Waals surface area contributed by atoms with Gasteiger partial charge in [-0.15, -0.1) is 23.1 Å². The first-order valence-electron chi connectivity index (χ1n) is 5.27. The average molecular weight is 273 g/mol. The van der Waals surface area contributed by atoms with Gasteiger partial charge in [-0.1, -0.05) is 0 Å². The lowest BCUT2D eigenvalue weighted by atomic mass is 10.4. The van der Waals surface area contributed by atoms with Gasteiger partial charge in [0.15, 0.2) is 4.96 Å². The van der Waals surface area contributed by atoms with E-state index in [1.54, 1.807) is 11.3 Å². The average Bonchev–Trinajstić information content (AvgIpc) is 2.89. The first kappa shape index (κ1) is 12.8. The molecule has 2 rings (SSSR count). The first-order valence-corrected chi connectivity index (χ1v) is 7.13. The van der Waals surface area contributed by atoms with Crippen LogP contribution >= 0.6 is 23.1 Å². The number of hydrogen-bond donors (Lipinski definition) is 3. The van der Waals surface area contributed by atoms with Crippen molar-refractivity contribution in [3.63, 3.8) is 0 Å². The zero-order valence-electron chi connectivity index (χ0n) is 9.46. The van der Waals surface area contributed by atoms with Gasteiger partial charge in [-0.05, 0) is 7.05 Å². The van der Waals surface area contributed by atoms with Gasteiger partial charge in [0.25, 0.3) is 0 Å². The van der Waals surface area contributed by atoms with Crippen molar-refractivity contribution in [3.8, 4) is 0 Å². The molecule has 0 aliphatic carbocycles. The molecule has 0 aromatic carbocycles. The van der Waals surface area contributed by atoms with Crippen LogP contribution in [0.4, 0.5) is 0 Å². The molecule has 2 aromatic heterocycles. The molecule has 17 heavy (non-hydrogen) atoms. The number of thiazole rings is 1. The number of aliphatic hydroxyl groups excluding tert-OH is 2. The quantitative estimate of drug-likeness (QED) is 0.671. The highest BCUT2D eigenvalue weighted by molar-refractivity contribution is 7.99. The molecule has 0 spiro atoms. The van der Waals surface area contributed by atoms with E-state index in [1.807, 2.05) is 18.6 Å². The predicted molar refractivity (Wildman–Crippen MR) is 69.6 cm³/mol. The fourth-order valence-corrected chi connectivity index (χ4v) is 3.22. The van der Waals surface area contributed by atoms with Crippen LogP contribution < -0.4 is 5.32 Å². The van der Waals surface area contributed by atoms with Gasteiger partial charge in [0.2, 0.25) is 0 Å². The Hall–Kier alpha value is -0.600. The number of nitrogens with one attached hydrogen (secondary N) is 1. The molecule has 0 aliphatic heterocycles. The number of thioether (sulfide) groups is 1. The van der Waals surface area contributed by atoms with Crippen LogP contribution in [-0.4, -0.2) is 45.1 Å². The van der Waals surface area contributed by atoms with E-state index in [4.69, 9.17) is 5.11 Å². The van der Waals surface area contributed by atoms with Crippen molar-refractivity contribution in [2.45, 2.75) is 17.7 Å². The topological polar surface area (TPSA) is 69.8 Å². The van der Waals surface area contributed by atoms with Crippen molar-refractivity contribution in [1.82, 2.24) is 14.7 Å². The van der Waals surface area contributed by atoms with Crippen molar-refractivity contribution in [3.05, 3.63) is 17.3 Å². The molecule has 0 saturated carbocycles. The summed E-state index contributed by atoms with van der Waals surface area (Å²) >= 11 is 3.06.